The van der Waals surface area contributed by atoms with Crippen LogP contribution in [0.15, 0.2) is 109 Å². The van der Waals surface area contributed by atoms with Crippen LogP contribution in [0.3, 0.4) is 0 Å². The summed E-state index contributed by atoms with van der Waals surface area (Å²) in [6.07, 6.45) is 25.0. The Labute approximate surface area is 191 Å². The Balaban J connectivity index is 1.97. The molecule has 0 radical (unpaired) electrons. The van der Waals surface area contributed by atoms with Gasteiger partial charge in [-0.15, -0.1) is 0 Å². The molecule has 0 aliphatic heterocycles. The molecular weight excluding hydrogens is 543 g/mol. The van der Waals surface area contributed by atoms with Crippen molar-refractivity contribution in [1.29, 1.82) is 0 Å². The second-order valence-corrected chi connectivity index (χ2v) is 31.5. The van der Waals surface area contributed by atoms with Gasteiger partial charge in [-0.2, -0.15) is 0 Å². The van der Waals surface area contributed by atoms with Gasteiger partial charge in [0.15, 0.2) is 0 Å². The fourth-order valence-corrected chi connectivity index (χ4v) is 48.2. The zero-order valence-corrected chi connectivity index (χ0v) is 23.0. The summed E-state index contributed by atoms with van der Waals surface area (Å²) in [5.41, 5.74) is 0. The Morgan fingerprint density at radius 1 is 0.600 bits per heavy atom. The molecule has 4 rings (SSSR count). The summed E-state index contributed by atoms with van der Waals surface area (Å²) in [5.74, 6) is -1.36. The minimum absolute atomic E-state index is 0.330. The van der Waals surface area contributed by atoms with Crippen molar-refractivity contribution in [2.45, 2.75) is 45.9 Å². The monoisotopic (exact) mass is 577 g/mol. The molecule has 0 unspecified atom stereocenters. The van der Waals surface area contributed by atoms with E-state index in [0.717, 1.165) is 0 Å². The molecule has 0 amide bonds. The number of benzene rings is 2. The molecule has 0 saturated carbocycles. The number of hydrogen-bond donors (Lipinski definition) is 0. The zero-order valence-electron chi connectivity index (χ0n) is 18.3. The molecule has 2 heteroatoms. The molecular formula is C28H33HfSi+. The van der Waals surface area contributed by atoms with Crippen LogP contribution in [-0.2, 0) is 20.6 Å². The van der Waals surface area contributed by atoms with Gasteiger partial charge in [-0.1, -0.05) is 0 Å². The van der Waals surface area contributed by atoms with Crippen molar-refractivity contribution in [1.82, 2.24) is 0 Å². The topological polar surface area (TPSA) is 0 Å². The third-order valence-electron chi connectivity index (χ3n) is 6.68. The normalized spacial score (nSPS) is 17.8. The van der Waals surface area contributed by atoms with Gasteiger partial charge in [0.1, 0.15) is 0 Å². The van der Waals surface area contributed by atoms with E-state index in [4.69, 9.17) is 0 Å². The van der Waals surface area contributed by atoms with Crippen LogP contribution in [0.2, 0.25) is 6.34 Å². The summed E-state index contributed by atoms with van der Waals surface area (Å²) >= 11 is -2.48. The molecule has 2 aromatic carbocycles. The van der Waals surface area contributed by atoms with Gasteiger partial charge < -0.3 is 0 Å². The van der Waals surface area contributed by atoms with Gasteiger partial charge in [-0.25, -0.2) is 0 Å². The summed E-state index contributed by atoms with van der Waals surface area (Å²) < 4.78 is 0.659. The maximum absolute atomic E-state index is 2.63. The van der Waals surface area contributed by atoms with Gasteiger partial charge in [0.2, 0.25) is 0 Å². The van der Waals surface area contributed by atoms with Crippen molar-refractivity contribution in [3.63, 3.8) is 0 Å². The fraction of sp³-hybridized carbons (Fsp3) is 0.286. The van der Waals surface area contributed by atoms with Crippen LogP contribution in [0.25, 0.3) is 0 Å². The predicted octanol–water partition coefficient (Wildman–Crippen LogP) is 6.31. The first kappa shape index (κ1) is 21.7. The van der Waals surface area contributed by atoms with Crippen LogP contribution in [0.4, 0.5) is 0 Å². The first-order chi connectivity index (χ1) is 14.7. The van der Waals surface area contributed by atoms with E-state index in [1.807, 2.05) is 0 Å². The summed E-state index contributed by atoms with van der Waals surface area (Å²) in [5, 5.41) is 3.30. The number of hydrogen-bond acceptors (Lipinski definition) is 0. The van der Waals surface area contributed by atoms with E-state index >= 15 is 0 Å². The van der Waals surface area contributed by atoms with Crippen molar-refractivity contribution in [3.8, 4) is 0 Å². The van der Waals surface area contributed by atoms with Crippen LogP contribution >= 0.6 is 0 Å². The molecule has 0 saturated heterocycles. The van der Waals surface area contributed by atoms with Crippen molar-refractivity contribution < 1.29 is 20.6 Å². The van der Waals surface area contributed by atoms with Crippen molar-refractivity contribution in [2.75, 3.05) is 0 Å². The van der Waals surface area contributed by atoms with Gasteiger partial charge in [0.05, 0.1) is 0 Å². The molecule has 152 valence electrons. The van der Waals surface area contributed by atoms with E-state index in [-0.39, 0.29) is 0 Å². The molecule has 2 aromatic rings. The fourth-order valence-electron chi connectivity index (χ4n) is 5.60. The predicted molar refractivity (Wildman–Crippen MR) is 131 cm³/mol. The first-order valence-corrected chi connectivity index (χ1v) is 23.0. The molecule has 0 N–H and O–H groups in total. The van der Waals surface area contributed by atoms with Crippen LogP contribution in [0.5, 0.6) is 0 Å². The van der Waals surface area contributed by atoms with Gasteiger partial charge in [-0.05, 0) is 0 Å². The quantitative estimate of drug-likeness (QED) is 0.307. The zero-order chi connectivity index (χ0) is 20.9. The molecule has 2 aliphatic carbocycles. The molecule has 0 aromatic heterocycles. The van der Waals surface area contributed by atoms with Gasteiger partial charge in [-0.3, -0.25) is 0 Å². The summed E-state index contributed by atoms with van der Waals surface area (Å²) in [6.45, 7) is 4.75. The first-order valence-electron chi connectivity index (χ1n) is 11.5. The van der Waals surface area contributed by atoms with Crippen LogP contribution < -0.4 is 10.4 Å². The summed E-state index contributed by atoms with van der Waals surface area (Å²) in [4.78, 5) is 0. The van der Waals surface area contributed by atoms with Crippen molar-refractivity contribution in [3.05, 3.63) is 109 Å². The molecule has 0 atom stereocenters. The molecule has 0 bridgehead atoms. The molecule has 0 spiro atoms. The second-order valence-electron chi connectivity index (χ2n) is 8.69. The van der Waals surface area contributed by atoms with Crippen molar-refractivity contribution >= 4 is 16.4 Å². The third kappa shape index (κ3) is 4.14. The van der Waals surface area contributed by atoms with Gasteiger partial charge in [0.25, 0.3) is 0 Å². The van der Waals surface area contributed by atoms with Gasteiger partial charge in [0, 0.05) is 0 Å². The Kier molecular flexibility index (Phi) is 7.05. The average Bonchev–Trinajstić information content (AvgIpc) is 3.45. The number of allylic oxidation sites excluding steroid dienone is 8. The van der Waals surface area contributed by atoms with E-state index in [2.05, 4.69) is 123 Å². The van der Waals surface area contributed by atoms with Crippen LogP contribution in [0.1, 0.15) is 39.5 Å². The standard InChI is InChI=1S/C12H11Si.2C8H11.Hf/c1-3-7-11(8-4-1)13-12-9-5-2-6-10-12;2*1-2-5-8-6-3-4-7-8;/h1-10,13H;2*3-4,6-7H,2,5H2,1H3;/q;;;+1. The van der Waals surface area contributed by atoms with Crippen molar-refractivity contribution in [2.24, 2.45) is 0 Å². The molecule has 2 aliphatic rings. The van der Waals surface area contributed by atoms with E-state index in [0.29, 0.717) is 6.34 Å². The Morgan fingerprint density at radius 2 is 0.967 bits per heavy atom. The van der Waals surface area contributed by atoms with Gasteiger partial charge >= 0.3 is 192 Å². The molecule has 0 nitrogen and oxygen atoms in total. The summed E-state index contributed by atoms with van der Waals surface area (Å²) in [6, 6.07) is 23.2. The van der Waals surface area contributed by atoms with E-state index in [9.17, 15) is 0 Å². The average molecular weight is 576 g/mol. The summed E-state index contributed by atoms with van der Waals surface area (Å²) in [7, 11) is 0. The SMILES string of the molecule is CCC[C]1([Hf+]([SiH](c2ccccc2)c2ccccc2)[C]2(CCC)C=CC=C2)C=CC=C1. The number of rotatable bonds is 9. The minimum atomic E-state index is -2.48. The van der Waals surface area contributed by atoms with E-state index in [1.165, 1.54) is 25.7 Å². The molecule has 30 heavy (non-hydrogen) atoms. The maximum atomic E-state index is 2.63. The van der Waals surface area contributed by atoms with E-state index < -0.39 is 26.6 Å². The Morgan fingerprint density at radius 3 is 1.30 bits per heavy atom. The van der Waals surface area contributed by atoms with E-state index in [1.54, 1.807) is 10.4 Å². The van der Waals surface area contributed by atoms with Crippen LogP contribution in [-0.4, -0.2) is 5.98 Å². The van der Waals surface area contributed by atoms with Crippen LogP contribution in [0, 0.1) is 0 Å². The second kappa shape index (κ2) is 9.74. The Hall–Kier alpha value is -1.51. The Bertz CT molecular complexity index is 838. The molecule has 0 heterocycles. The third-order valence-corrected chi connectivity index (χ3v) is 43.0. The molecule has 0 fully saturated rings.